The fourth-order valence-corrected chi connectivity index (χ4v) is 1.69. The molecule has 0 fully saturated rings. The summed E-state index contributed by atoms with van der Waals surface area (Å²) in [4.78, 5) is 34.5. The lowest BCUT2D eigenvalue weighted by Gasteiger charge is -2.15. The Labute approximate surface area is 107 Å². The van der Waals surface area contributed by atoms with E-state index in [4.69, 9.17) is 5.73 Å². The average molecular weight is 264 g/mol. The van der Waals surface area contributed by atoms with E-state index < -0.39 is 23.5 Å². The number of hydrogen-bond acceptors (Lipinski definition) is 5. The number of carbonyl (C=O) groups is 2. The van der Waals surface area contributed by atoms with Gasteiger partial charge < -0.3 is 15.0 Å². The SMILES string of the molecule is COC(=O)c1cn([C@@H](C)C(N)=O)cc2c(=O)[nH]nc1-2. The summed E-state index contributed by atoms with van der Waals surface area (Å²) >= 11 is 0. The van der Waals surface area contributed by atoms with E-state index in [1.807, 2.05) is 0 Å². The van der Waals surface area contributed by atoms with Crippen molar-refractivity contribution in [1.82, 2.24) is 14.8 Å². The molecule has 3 N–H and O–H groups in total. The van der Waals surface area contributed by atoms with Crippen molar-refractivity contribution in [2.75, 3.05) is 7.11 Å². The molecule has 19 heavy (non-hydrogen) atoms. The van der Waals surface area contributed by atoms with Crippen LogP contribution in [0, 0.1) is 0 Å². The highest BCUT2D eigenvalue weighted by Crippen LogP contribution is 2.22. The van der Waals surface area contributed by atoms with Crippen LogP contribution in [0.2, 0.25) is 0 Å². The molecule has 2 aliphatic rings. The van der Waals surface area contributed by atoms with Crippen LogP contribution in [-0.2, 0) is 9.53 Å². The van der Waals surface area contributed by atoms with Crippen molar-refractivity contribution in [3.05, 3.63) is 28.3 Å². The van der Waals surface area contributed by atoms with Gasteiger partial charge in [0.15, 0.2) is 0 Å². The van der Waals surface area contributed by atoms with Crippen molar-refractivity contribution in [3.8, 4) is 11.3 Å². The molecule has 0 unspecified atom stereocenters. The lowest BCUT2D eigenvalue weighted by atomic mass is 10.1. The van der Waals surface area contributed by atoms with Crippen molar-refractivity contribution in [3.63, 3.8) is 0 Å². The monoisotopic (exact) mass is 264 g/mol. The second-order valence-electron chi connectivity index (χ2n) is 4.00. The molecule has 0 saturated heterocycles. The number of carbonyl (C=O) groups excluding carboxylic acids is 2. The van der Waals surface area contributed by atoms with Crippen molar-refractivity contribution in [2.24, 2.45) is 5.73 Å². The van der Waals surface area contributed by atoms with Crippen LogP contribution in [0.25, 0.3) is 11.3 Å². The van der Waals surface area contributed by atoms with Crippen LogP contribution in [0.3, 0.4) is 0 Å². The Balaban J connectivity index is 2.70. The fraction of sp³-hybridized carbons (Fsp3) is 0.273. The zero-order valence-electron chi connectivity index (χ0n) is 10.3. The summed E-state index contributed by atoms with van der Waals surface area (Å²) < 4.78 is 6.01. The number of nitrogens with one attached hydrogen (secondary N) is 1. The van der Waals surface area contributed by atoms with E-state index in [2.05, 4.69) is 14.9 Å². The molecule has 0 aliphatic carbocycles. The Bertz CT molecular complexity index is 672. The first-order valence-electron chi connectivity index (χ1n) is 5.43. The first-order valence-corrected chi connectivity index (χ1v) is 5.43. The van der Waals surface area contributed by atoms with E-state index in [9.17, 15) is 14.4 Å². The van der Waals surface area contributed by atoms with E-state index >= 15 is 0 Å². The zero-order chi connectivity index (χ0) is 14.2. The van der Waals surface area contributed by atoms with Gasteiger partial charge in [-0.1, -0.05) is 0 Å². The van der Waals surface area contributed by atoms with E-state index in [0.717, 1.165) is 0 Å². The largest absolute Gasteiger partial charge is 0.465 e. The van der Waals surface area contributed by atoms with Crippen LogP contribution >= 0.6 is 0 Å². The summed E-state index contributed by atoms with van der Waals surface area (Å²) in [5.41, 5.74) is 5.23. The fourth-order valence-electron chi connectivity index (χ4n) is 1.69. The molecule has 0 radical (unpaired) electrons. The van der Waals surface area contributed by atoms with Gasteiger partial charge in [-0.3, -0.25) is 9.59 Å². The summed E-state index contributed by atoms with van der Waals surface area (Å²) in [6.07, 6.45) is 2.80. The van der Waals surface area contributed by atoms with Gasteiger partial charge in [-0.05, 0) is 6.92 Å². The minimum atomic E-state index is -0.706. The van der Waals surface area contributed by atoms with Gasteiger partial charge in [0.2, 0.25) is 5.91 Å². The number of hydrogen-bond donors (Lipinski definition) is 2. The van der Waals surface area contributed by atoms with Gasteiger partial charge in [0.25, 0.3) is 5.56 Å². The summed E-state index contributed by atoms with van der Waals surface area (Å²) in [5.74, 6) is -1.24. The van der Waals surface area contributed by atoms with Gasteiger partial charge in [0.05, 0.1) is 12.7 Å². The molecule has 1 atom stereocenters. The van der Waals surface area contributed by atoms with E-state index in [1.165, 1.54) is 24.1 Å². The van der Waals surface area contributed by atoms with Gasteiger partial charge in [-0.15, -0.1) is 0 Å². The summed E-state index contributed by atoms with van der Waals surface area (Å²) in [6.45, 7) is 1.56. The smallest absolute Gasteiger partial charge is 0.341 e. The summed E-state index contributed by atoms with van der Waals surface area (Å²) in [7, 11) is 1.22. The number of aromatic amines is 1. The highest BCUT2D eigenvalue weighted by molar-refractivity contribution is 5.96. The molecule has 0 aromatic heterocycles. The molecule has 2 aliphatic heterocycles. The van der Waals surface area contributed by atoms with Crippen LogP contribution in [0.1, 0.15) is 23.3 Å². The maximum absolute atomic E-state index is 11.7. The third kappa shape index (κ3) is 2.07. The quantitative estimate of drug-likeness (QED) is 0.725. The number of esters is 1. The Morgan fingerprint density at radius 2 is 2.16 bits per heavy atom. The van der Waals surface area contributed by atoms with Gasteiger partial charge in [-0.2, -0.15) is 5.10 Å². The van der Waals surface area contributed by atoms with Crippen molar-refractivity contribution < 1.29 is 14.3 Å². The topological polar surface area (TPSA) is 120 Å². The predicted molar refractivity (Wildman–Crippen MR) is 64.7 cm³/mol. The molecule has 8 nitrogen and oxygen atoms in total. The molecule has 0 aromatic carbocycles. The number of ether oxygens (including phenoxy) is 1. The maximum atomic E-state index is 11.7. The van der Waals surface area contributed by atoms with Crippen LogP contribution in [0.4, 0.5) is 0 Å². The zero-order valence-corrected chi connectivity index (χ0v) is 10.3. The van der Waals surface area contributed by atoms with Crippen molar-refractivity contribution in [1.29, 1.82) is 0 Å². The number of aromatic nitrogens is 3. The van der Waals surface area contributed by atoms with Gasteiger partial charge in [0, 0.05) is 12.4 Å². The van der Waals surface area contributed by atoms with Crippen LogP contribution < -0.4 is 11.3 Å². The number of methoxy groups -OCH3 is 1. The third-order valence-corrected chi connectivity index (χ3v) is 2.84. The number of nitrogens with zero attached hydrogens (tertiary/aromatic N) is 2. The molecular formula is C11H12N4O4. The number of pyridine rings is 1. The Morgan fingerprint density at radius 3 is 2.74 bits per heavy atom. The lowest BCUT2D eigenvalue weighted by Crippen LogP contribution is -2.25. The lowest BCUT2D eigenvalue weighted by molar-refractivity contribution is -0.120. The maximum Gasteiger partial charge on any atom is 0.341 e. The minimum absolute atomic E-state index is 0.0893. The first-order chi connectivity index (χ1) is 8.95. The molecule has 1 amide bonds. The van der Waals surface area contributed by atoms with Crippen molar-refractivity contribution in [2.45, 2.75) is 13.0 Å². The number of nitrogens with two attached hydrogens (primary N) is 1. The molecule has 2 heterocycles. The molecule has 0 spiro atoms. The van der Waals surface area contributed by atoms with Crippen molar-refractivity contribution >= 4 is 11.9 Å². The Kier molecular flexibility index (Phi) is 3.07. The average Bonchev–Trinajstić information content (AvgIpc) is 2.77. The molecular weight excluding hydrogens is 252 g/mol. The number of amides is 1. The number of H-pyrrole nitrogens is 1. The van der Waals surface area contributed by atoms with Gasteiger partial charge in [0.1, 0.15) is 17.3 Å². The number of rotatable bonds is 3. The summed E-state index contributed by atoms with van der Waals surface area (Å²) in [5, 5.41) is 6.01. The van der Waals surface area contributed by atoms with Gasteiger partial charge >= 0.3 is 5.97 Å². The molecule has 0 bridgehead atoms. The Hall–Kier alpha value is -2.64. The molecule has 0 saturated carbocycles. The highest BCUT2D eigenvalue weighted by Gasteiger charge is 2.23. The second kappa shape index (κ2) is 4.56. The number of fused-ring (bicyclic) bond motifs is 1. The Morgan fingerprint density at radius 1 is 1.47 bits per heavy atom. The first kappa shape index (κ1) is 12.8. The van der Waals surface area contributed by atoms with Crippen LogP contribution in [0.15, 0.2) is 17.2 Å². The third-order valence-electron chi connectivity index (χ3n) is 2.84. The van der Waals surface area contributed by atoms with Crippen LogP contribution in [0.5, 0.6) is 0 Å². The predicted octanol–water partition coefficient (Wildman–Crippen LogP) is -0.491. The summed E-state index contributed by atoms with van der Waals surface area (Å²) in [6, 6.07) is -0.706. The standard InChI is InChI=1S/C11H12N4O4/c1-5(9(12)16)15-3-6-8(13-14-10(6)17)7(4-15)11(18)19-2/h3-5H,1-2H3,(H2,12,16)(H,14,17)/t5-/m0/s1. The van der Waals surface area contributed by atoms with E-state index in [0.29, 0.717) is 0 Å². The molecule has 2 rings (SSSR count). The second-order valence-corrected chi connectivity index (χ2v) is 4.00. The number of primary amides is 1. The normalized spacial score (nSPS) is 12.3. The van der Waals surface area contributed by atoms with E-state index in [-0.39, 0.29) is 16.8 Å². The van der Waals surface area contributed by atoms with Crippen LogP contribution in [-0.4, -0.2) is 33.8 Å². The van der Waals surface area contributed by atoms with E-state index in [1.54, 1.807) is 6.92 Å². The molecule has 8 heteroatoms. The van der Waals surface area contributed by atoms with Gasteiger partial charge in [-0.25, -0.2) is 9.89 Å². The highest BCUT2D eigenvalue weighted by atomic mass is 16.5. The molecule has 0 aromatic rings. The molecule has 100 valence electrons. The minimum Gasteiger partial charge on any atom is -0.465 e.